The van der Waals surface area contributed by atoms with Gasteiger partial charge in [0.2, 0.25) is 5.91 Å². The smallest absolute Gasteiger partial charge is 0.343 e. The van der Waals surface area contributed by atoms with Crippen LogP contribution in [0.5, 0.6) is 0 Å². The van der Waals surface area contributed by atoms with Crippen LogP contribution in [0.3, 0.4) is 0 Å². The Kier molecular flexibility index (Phi) is 7.40. The van der Waals surface area contributed by atoms with Crippen molar-refractivity contribution in [3.05, 3.63) is 46.1 Å². The first-order chi connectivity index (χ1) is 12.4. The van der Waals surface area contributed by atoms with Gasteiger partial charge < -0.3 is 10.1 Å². The van der Waals surface area contributed by atoms with Crippen molar-refractivity contribution < 1.29 is 13.9 Å². The molecule has 26 heavy (non-hydrogen) atoms. The number of carbonyl (C=O) groups excluding carboxylic acids is 1. The van der Waals surface area contributed by atoms with Gasteiger partial charge in [-0.1, -0.05) is 23.9 Å². The van der Waals surface area contributed by atoms with Crippen LogP contribution in [0.1, 0.15) is 31.9 Å². The van der Waals surface area contributed by atoms with E-state index in [-0.39, 0.29) is 23.5 Å². The van der Waals surface area contributed by atoms with Crippen LogP contribution >= 0.6 is 11.8 Å². The number of hydrogen-bond acceptors (Lipinski definition) is 5. The molecule has 0 aliphatic rings. The van der Waals surface area contributed by atoms with Crippen molar-refractivity contribution in [2.45, 2.75) is 43.3 Å². The predicted molar refractivity (Wildman–Crippen MR) is 97.6 cm³/mol. The molecule has 9 heteroatoms. The molecule has 1 amide bonds. The molecule has 0 saturated carbocycles. The number of halogens is 1. The fourth-order valence-electron chi connectivity index (χ4n) is 2.33. The number of carbonyl (C=O) groups is 1. The Morgan fingerprint density at radius 2 is 2.08 bits per heavy atom. The summed E-state index contributed by atoms with van der Waals surface area (Å²) in [5.74, 6) is -0.508. The van der Waals surface area contributed by atoms with Gasteiger partial charge in [0.05, 0.1) is 11.3 Å². The van der Waals surface area contributed by atoms with Crippen molar-refractivity contribution in [3.8, 4) is 0 Å². The van der Waals surface area contributed by atoms with Gasteiger partial charge in [0.15, 0.2) is 5.16 Å². The lowest BCUT2D eigenvalue weighted by atomic mass is 10.1. The summed E-state index contributed by atoms with van der Waals surface area (Å²) in [4.78, 5) is 24.3. The molecular weight excluding hydrogens is 359 g/mol. The fourth-order valence-corrected chi connectivity index (χ4v) is 3.23. The van der Waals surface area contributed by atoms with E-state index in [2.05, 4.69) is 15.5 Å². The van der Waals surface area contributed by atoms with E-state index in [1.165, 1.54) is 28.5 Å². The first-order valence-electron chi connectivity index (χ1n) is 8.29. The molecule has 0 aliphatic carbocycles. The van der Waals surface area contributed by atoms with Crippen molar-refractivity contribution in [1.29, 1.82) is 0 Å². The third kappa shape index (κ3) is 5.43. The minimum atomic E-state index is -0.450. The number of rotatable bonds is 9. The first-order valence-corrected chi connectivity index (χ1v) is 9.17. The molecule has 1 aromatic heterocycles. The topological polar surface area (TPSA) is 89.0 Å². The monoisotopic (exact) mass is 382 g/mol. The maximum absolute atomic E-state index is 13.0. The minimum absolute atomic E-state index is 0.189. The van der Waals surface area contributed by atoms with Gasteiger partial charge in [-0.2, -0.15) is 0 Å². The maximum atomic E-state index is 13.0. The van der Waals surface area contributed by atoms with E-state index in [9.17, 15) is 14.0 Å². The quantitative estimate of drug-likeness (QED) is 0.512. The Morgan fingerprint density at radius 1 is 1.38 bits per heavy atom. The summed E-state index contributed by atoms with van der Waals surface area (Å²) in [5.41, 5.74) is 0.504. The van der Waals surface area contributed by atoms with E-state index in [1.54, 1.807) is 26.2 Å². The van der Waals surface area contributed by atoms with Crippen molar-refractivity contribution in [1.82, 2.24) is 20.1 Å². The summed E-state index contributed by atoms with van der Waals surface area (Å²) in [7, 11) is 1.60. The fraction of sp³-hybridized carbons (Fsp3) is 0.471. The number of benzene rings is 1. The molecule has 0 aliphatic heterocycles. The zero-order chi connectivity index (χ0) is 19.1. The van der Waals surface area contributed by atoms with Gasteiger partial charge in [-0.25, -0.2) is 14.3 Å². The summed E-state index contributed by atoms with van der Waals surface area (Å²) in [6.07, 6.45) is 0.672. The highest BCUT2D eigenvalue weighted by molar-refractivity contribution is 8.00. The van der Waals surface area contributed by atoms with Crippen molar-refractivity contribution >= 4 is 17.7 Å². The van der Waals surface area contributed by atoms with Gasteiger partial charge >= 0.3 is 5.69 Å². The number of thioether (sulfide) groups is 1. The molecule has 142 valence electrons. The van der Waals surface area contributed by atoms with E-state index in [4.69, 9.17) is 4.74 Å². The van der Waals surface area contributed by atoms with Crippen molar-refractivity contribution in [2.75, 3.05) is 13.7 Å². The molecule has 0 bridgehead atoms. The van der Waals surface area contributed by atoms with Gasteiger partial charge in [-0.05, 0) is 38.0 Å². The zero-order valence-electron chi connectivity index (χ0n) is 15.0. The number of aromatic nitrogens is 3. The van der Waals surface area contributed by atoms with E-state index in [0.29, 0.717) is 24.7 Å². The zero-order valence-corrected chi connectivity index (χ0v) is 15.8. The largest absolute Gasteiger partial charge is 0.385 e. The van der Waals surface area contributed by atoms with E-state index in [1.807, 2.05) is 6.92 Å². The summed E-state index contributed by atoms with van der Waals surface area (Å²) in [6.45, 7) is 4.58. The molecule has 2 atom stereocenters. The Morgan fingerprint density at radius 3 is 2.73 bits per heavy atom. The summed E-state index contributed by atoms with van der Waals surface area (Å²) >= 11 is 1.20. The lowest BCUT2D eigenvalue weighted by molar-refractivity contribution is -0.120. The van der Waals surface area contributed by atoms with Crippen LogP contribution in [0, 0.1) is 5.82 Å². The second-order valence-corrected chi connectivity index (χ2v) is 7.16. The molecule has 0 spiro atoms. The molecule has 0 radical (unpaired) electrons. The Bertz CT molecular complexity index is 775. The van der Waals surface area contributed by atoms with Gasteiger partial charge in [0, 0.05) is 20.3 Å². The van der Waals surface area contributed by atoms with Gasteiger partial charge in [0.25, 0.3) is 0 Å². The minimum Gasteiger partial charge on any atom is -0.385 e. The van der Waals surface area contributed by atoms with Crippen LogP contribution < -0.4 is 11.0 Å². The summed E-state index contributed by atoms with van der Waals surface area (Å²) < 4.78 is 19.5. The standard InChI is InChI=1S/C17H23FN4O3S/c1-11(13-5-7-14(18)8-6-13)19-15(23)12(2)26-17-21-20-16(24)22(17)9-4-10-25-3/h5-8,11-12H,4,9-10H2,1-3H3,(H,19,23)(H,20,24)/t11-,12+/m1/s1. The number of nitrogens with zero attached hydrogens (tertiary/aromatic N) is 2. The molecule has 0 saturated heterocycles. The van der Waals surface area contributed by atoms with Crippen molar-refractivity contribution in [2.24, 2.45) is 0 Å². The Labute approximate surface area is 155 Å². The molecule has 1 aromatic carbocycles. The highest BCUT2D eigenvalue weighted by Crippen LogP contribution is 2.21. The second-order valence-electron chi connectivity index (χ2n) is 5.85. The van der Waals surface area contributed by atoms with E-state index in [0.717, 1.165) is 5.56 Å². The number of aromatic amines is 1. The molecule has 7 nitrogen and oxygen atoms in total. The summed E-state index contributed by atoms with van der Waals surface area (Å²) in [5, 5.41) is 9.30. The maximum Gasteiger partial charge on any atom is 0.343 e. The Balaban J connectivity index is 1.96. The second kappa shape index (κ2) is 9.54. The number of nitrogens with one attached hydrogen (secondary N) is 2. The van der Waals surface area contributed by atoms with Gasteiger partial charge in [-0.15, -0.1) is 5.10 Å². The SMILES string of the molecule is COCCCn1c(S[C@@H](C)C(=O)N[C@H](C)c2ccc(F)cc2)n[nH]c1=O. The molecular formula is C17H23FN4O3S. The van der Waals surface area contributed by atoms with Crippen molar-refractivity contribution in [3.63, 3.8) is 0 Å². The molecule has 0 unspecified atom stereocenters. The van der Waals surface area contributed by atoms with Crippen LogP contribution in [0.2, 0.25) is 0 Å². The molecule has 2 N–H and O–H groups in total. The number of amides is 1. The molecule has 2 aromatic rings. The number of hydrogen-bond donors (Lipinski definition) is 2. The van der Waals surface area contributed by atoms with Crippen LogP contribution in [0.15, 0.2) is 34.2 Å². The normalized spacial score (nSPS) is 13.4. The Hall–Kier alpha value is -2.13. The number of methoxy groups -OCH3 is 1. The third-order valence-electron chi connectivity index (χ3n) is 3.83. The van der Waals surface area contributed by atoms with Crippen LogP contribution in [-0.4, -0.2) is 39.6 Å². The molecule has 1 heterocycles. The third-order valence-corrected chi connectivity index (χ3v) is 4.92. The highest BCUT2D eigenvalue weighted by atomic mass is 32.2. The average Bonchev–Trinajstić information content (AvgIpc) is 2.95. The summed E-state index contributed by atoms with van der Waals surface area (Å²) in [6, 6.07) is 5.74. The van der Waals surface area contributed by atoms with Crippen LogP contribution in [0.4, 0.5) is 4.39 Å². The van der Waals surface area contributed by atoms with E-state index >= 15 is 0 Å². The predicted octanol–water partition coefficient (Wildman–Crippen LogP) is 2.11. The highest BCUT2D eigenvalue weighted by Gasteiger charge is 2.20. The lowest BCUT2D eigenvalue weighted by Gasteiger charge is -2.17. The van der Waals surface area contributed by atoms with Gasteiger partial charge in [0.1, 0.15) is 5.82 Å². The number of H-pyrrole nitrogens is 1. The molecule has 2 rings (SSSR count). The van der Waals surface area contributed by atoms with Crippen LogP contribution in [-0.2, 0) is 16.1 Å². The average molecular weight is 382 g/mol. The number of ether oxygens (including phenoxy) is 1. The van der Waals surface area contributed by atoms with E-state index < -0.39 is 5.25 Å². The first kappa shape index (κ1) is 20.2. The van der Waals surface area contributed by atoms with Crippen LogP contribution in [0.25, 0.3) is 0 Å². The van der Waals surface area contributed by atoms with Gasteiger partial charge in [-0.3, -0.25) is 9.36 Å². The lowest BCUT2D eigenvalue weighted by Crippen LogP contribution is -2.33. The molecule has 0 fully saturated rings.